The zero-order valence-corrected chi connectivity index (χ0v) is 26.6. The average molecular weight is 660 g/mol. The molecule has 4 aliphatic rings. The third-order valence-electron chi connectivity index (χ3n) is 10.1. The van der Waals surface area contributed by atoms with Crippen LogP contribution >= 0.6 is 11.6 Å². The van der Waals surface area contributed by atoms with E-state index in [0.717, 1.165) is 43.0 Å². The first-order chi connectivity index (χ1) is 22.5. The van der Waals surface area contributed by atoms with Gasteiger partial charge in [0.2, 0.25) is 5.91 Å². The monoisotopic (exact) mass is 659 g/mol. The van der Waals surface area contributed by atoms with Gasteiger partial charge in [-0.3, -0.25) is 14.3 Å². The molecule has 2 aromatic heterocycles. The van der Waals surface area contributed by atoms with E-state index < -0.39 is 22.7 Å². The van der Waals surface area contributed by atoms with Gasteiger partial charge in [-0.1, -0.05) is 24.1 Å². The van der Waals surface area contributed by atoms with Gasteiger partial charge >= 0.3 is 0 Å². The van der Waals surface area contributed by atoms with Crippen LogP contribution in [0.3, 0.4) is 0 Å². The minimum atomic E-state index is -1.61. The highest BCUT2D eigenvalue weighted by molar-refractivity contribution is 6.30. The molecule has 4 N–H and O–H groups in total. The molecule has 8 rings (SSSR count). The molecule has 3 heterocycles. The summed E-state index contributed by atoms with van der Waals surface area (Å²) in [6, 6.07) is 9.81. The number of aromatic nitrogens is 3. The summed E-state index contributed by atoms with van der Waals surface area (Å²) in [6.07, 6.45) is 8.51. The van der Waals surface area contributed by atoms with Gasteiger partial charge in [0.05, 0.1) is 29.4 Å². The highest BCUT2D eigenvalue weighted by atomic mass is 35.5. The average Bonchev–Trinajstić information content (AvgIpc) is 3.96. The van der Waals surface area contributed by atoms with E-state index in [1.807, 2.05) is 10.9 Å². The molecule has 3 fully saturated rings. The Kier molecular flexibility index (Phi) is 7.00. The third kappa shape index (κ3) is 5.20. The zero-order valence-electron chi connectivity index (χ0n) is 25.9. The molecule has 47 heavy (non-hydrogen) atoms. The SMILES string of the molecule is C[C@]1(C(N)=O)COc2c1cc(C(O)(CNC(=O)c1cc(OC3CC3)c3nn(C4CC4)cc3c1)C1CCC1)nc2-c1ccc(Cl)c(F)c1. The second-order valence-electron chi connectivity index (χ2n) is 13.7. The highest BCUT2D eigenvalue weighted by Crippen LogP contribution is 2.49. The van der Waals surface area contributed by atoms with Crippen molar-refractivity contribution < 1.29 is 28.6 Å². The quantitative estimate of drug-likeness (QED) is 0.209. The van der Waals surface area contributed by atoms with Crippen LogP contribution in [0.2, 0.25) is 5.02 Å². The Balaban J connectivity index is 1.16. The predicted octanol–water partition coefficient (Wildman–Crippen LogP) is 5.32. The second kappa shape index (κ2) is 10.9. The number of carbonyl (C=O) groups is 2. The number of pyridine rings is 1. The van der Waals surface area contributed by atoms with Gasteiger partial charge in [-0.05, 0) is 81.7 Å². The van der Waals surface area contributed by atoms with Gasteiger partial charge < -0.3 is 25.6 Å². The summed E-state index contributed by atoms with van der Waals surface area (Å²) in [4.78, 5) is 31.3. The second-order valence-corrected chi connectivity index (χ2v) is 14.1. The van der Waals surface area contributed by atoms with E-state index in [4.69, 9.17) is 36.9 Å². The summed E-state index contributed by atoms with van der Waals surface area (Å²) < 4.78 is 28.7. The maximum Gasteiger partial charge on any atom is 0.251 e. The predicted molar refractivity (Wildman–Crippen MR) is 172 cm³/mol. The fourth-order valence-electron chi connectivity index (χ4n) is 6.53. The van der Waals surface area contributed by atoms with Crippen molar-refractivity contribution in [3.63, 3.8) is 0 Å². The summed E-state index contributed by atoms with van der Waals surface area (Å²) in [5.74, 6) is -0.984. The van der Waals surface area contributed by atoms with Gasteiger partial charge in [0.25, 0.3) is 5.91 Å². The van der Waals surface area contributed by atoms with E-state index in [0.29, 0.717) is 47.1 Å². The summed E-state index contributed by atoms with van der Waals surface area (Å²) >= 11 is 5.97. The normalized spacial score (nSPS) is 21.9. The van der Waals surface area contributed by atoms with Gasteiger partial charge in [-0.15, -0.1) is 0 Å². The molecule has 1 aliphatic heterocycles. The Morgan fingerprint density at radius 2 is 1.98 bits per heavy atom. The number of rotatable bonds is 10. The van der Waals surface area contributed by atoms with Crippen LogP contribution in [0.1, 0.15) is 79.5 Å². The first-order valence-corrected chi connectivity index (χ1v) is 16.6. The number of amides is 2. The van der Waals surface area contributed by atoms with Crippen molar-refractivity contribution in [2.24, 2.45) is 11.7 Å². The third-order valence-corrected chi connectivity index (χ3v) is 10.5. The minimum absolute atomic E-state index is 0.0322. The van der Waals surface area contributed by atoms with Crippen molar-refractivity contribution in [3.05, 3.63) is 70.3 Å². The van der Waals surface area contributed by atoms with E-state index in [9.17, 15) is 19.1 Å². The van der Waals surface area contributed by atoms with Gasteiger partial charge in [0.1, 0.15) is 46.1 Å². The largest absolute Gasteiger partial charge is 0.489 e. The molecular formula is C35H35ClFN5O5. The van der Waals surface area contributed by atoms with Crippen molar-refractivity contribution in [1.29, 1.82) is 0 Å². The molecule has 12 heteroatoms. The van der Waals surface area contributed by atoms with E-state index >= 15 is 0 Å². The Morgan fingerprint density at radius 3 is 2.64 bits per heavy atom. The number of benzene rings is 2. The molecule has 2 amide bonds. The van der Waals surface area contributed by atoms with Crippen LogP contribution in [0, 0.1) is 11.7 Å². The lowest BCUT2D eigenvalue weighted by Crippen LogP contribution is -2.49. The number of fused-ring (bicyclic) bond motifs is 2. The molecule has 0 bridgehead atoms. The van der Waals surface area contributed by atoms with E-state index in [1.54, 1.807) is 31.2 Å². The Labute approximate surface area is 275 Å². The van der Waals surface area contributed by atoms with Crippen LogP contribution < -0.4 is 20.5 Å². The van der Waals surface area contributed by atoms with E-state index in [2.05, 4.69) is 5.32 Å². The zero-order chi connectivity index (χ0) is 32.7. The number of nitrogens with one attached hydrogen (secondary N) is 1. The van der Waals surface area contributed by atoms with Crippen molar-refractivity contribution in [3.8, 4) is 22.8 Å². The first kappa shape index (κ1) is 30.1. The number of aliphatic hydroxyl groups is 1. The van der Waals surface area contributed by atoms with E-state index in [1.165, 1.54) is 12.1 Å². The van der Waals surface area contributed by atoms with E-state index in [-0.39, 0.29) is 47.5 Å². The lowest BCUT2D eigenvalue weighted by molar-refractivity contribution is -0.123. The number of nitrogens with two attached hydrogens (primary N) is 1. The van der Waals surface area contributed by atoms with Crippen LogP contribution in [-0.2, 0) is 15.8 Å². The molecule has 4 aromatic rings. The molecular weight excluding hydrogens is 625 g/mol. The lowest BCUT2D eigenvalue weighted by atomic mass is 9.70. The fourth-order valence-corrected chi connectivity index (χ4v) is 6.65. The Hall–Kier alpha value is -4.22. The topological polar surface area (TPSA) is 142 Å². The molecule has 2 atom stereocenters. The number of carbonyl (C=O) groups excluding carboxylic acids is 2. The summed E-state index contributed by atoms with van der Waals surface area (Å²) in [5.41, 5.74) is 5.46. The number of hydrogen-bond donors (Lipinski definition) is 3. The molecule has 3 saturated carbocycles. The van der Waals surface area contributed by atoms with Crippen molar-refractivity contribution >= 4 is 34.3 Å². The maximum absolute atomic E-state index is 14.7. The molecule has 2 aromatic carbocycles. The van der Waals surface area contributed by atoms with Crippen LogP contribution in [0.5, 0.6) is 11.5 Å². The number of halogens is 2. The standard InChI is InChI=1S/C35H35ClFN5O5/c1-34(33(38)44)17-46-31-24(34)14-28(40-30(31)18-5-10-25(36)26(37)12-18)35(45,21-3-2-4-21)16-39-32(43)19-11-20-15-42(22-6-7-22)41-29(20)27(13-19)47-23-8-9-23/h5,10-15,21-23,45H,2-4,6-9,16-17H2,1H3,(H2,38,44)(H,39,43)/t34-,35?/m0/s1. The van der Waals surface area contributed by atoms with Crippen LogP contribution in [0.25, 0.3) is 22.2 Å². The van der Waals surface area contributed by atoms with Gasteiger partial charge in [0, 0.05) is 28.3 Å². The molecule has 0 saturated heterocycles. The summed E-state index contributed by atoms with van der Waals surface area (Å²) in [6.45, 7) is 1.49. The first-order valence-electron chi connectivity index (χ1n) is 16.2. The Bertz CT molecular complexity index is 1950. The van der Waals surface area contributed by atoms with Crippen LogP contribution in [0.15, 0.2) is 42.6 Å². The minimum Gasteiger partial charge on any atom is -0.489 e. The van der Waals surface area contributed by atoms with Crippen LogP contribution in [0.4, 0.5) is 4.39 Å². The summed E-state index contributed by atoms with van der Waals surface area (Å²) in [7, 11) is 0. The molecule has 10 nitrogen and oxygen atoms in total. The number of nitrogens with zero attached hydrogens (tertiary/aromatic N) is 3. The number of primary amides is 1. The van der Waals surface area contributed by atoms with Crippen molar-refractivity contribution in [1.82, 2.24) is 20.1 Å². The Morgan fingerprint density at radius 1 is 1.19 bits per heavy atom. The molecule has 0 spiro atoms. The van der Waals surface area contributed by atoms with Crippen molar-refractivity contribution in [2.45, 2.75) is 75.0 Å². The number of hydrogen-bond acceptors (Lipinski definition) is 7. The molecule has 3 aliphatic carbocycles. The molecule has 0 radical (unpaired) electrons. The lowest BCUT2D eigenvalue weighted by Gasteiger charge is -2.41. The van der Waals surface area contributed by atoms with Gasteiger partial charge in [0.15, 0.2) is 0 Å². The van der Waals surface area contributed by atoms with Gasteiger partial charge in [-0.25, -0.2) is 9.37 Å². The smallest absolute Gasteiger partial charge is 0.251 e. The fraction of sp³-hybridized carbons (Fsp3) is 0.429. The highest BCUT2D eigenvalue weighted by Gasteiger charge is 2.48. The summed E-state index contributed by atoms with van der Waals surface area (Å²) in [5, 5.41) is 21.0. The molecule has 1 unspecified atom stereocenters. The maximum atomic E-state index is 14.7. The van der Waals surface area contributed by atoms with Crippen molar-refractivity contribution in [2.75, 3.05) is 13.2 Å². The number of ether oxygens (including phenoxy) is 2. The molecule has 244 valence electrons. The van der Waals surface area contributed by atoms with Crippen LogP contribution in [-0.4, -0.2) is 50.9 Å². The van der Waals surface area contributed by atoms with Gasteiger partial charge in [-0.2, -0.15) is 5.10 Å².